The molecule has 132 valence electrons. The van der Waals surface area contributed by atoms with Crippen molar-refractivity contribution in [2.75, 3.05) is 12.4 Å². The molecule has 0 aliphatic heterocycles. The summed E-state index contributed by atoms with van der Waals surface area (Å²) in [5.41, 5.74) is 0.372. The van der Waals surface area contributed by atoms with Gasteiger partial charge in [-0.1, -0.05) is 12.1 Å². The molecule has 1 aromatic heterocycles. The van der Waals surface area contributed by atoms with Crippen molar-refractivity contribution in [2.45, 2.75) is 6.92 Å². The summed E-state index contributed by atoms with van der Waals surface area (Å²) in [6.45, 7) is 1.90. The first-order valence-corrected chi connectivity index (χ1v) is 7.87. The predicted molar refractivity (Wildman–Crippen MR) is 98.3 cm³/mol. The van der Waals surface area contributed by atoms with Crippen molar-refractivity contribution < 1.29 is 9.53 Å². The number of anilines is 1. The molecule has 0 atom stereocenters. The molecule has 3 rings (SSSR count). The van der Waals surface area contributed by atoms with Gasteiger partial charge in [-0.2, -0.15) is 0 Å². The van der Waals surface area contributed by atoms with Gasteiger partial charge in [0, 0.05) is 11.9 Å². The van der Waals surface area contributed by atoms with Crippen LogP contribution in [0.25, 0.3) is 5.69 Å². The third-order valence-electron chi connectivity index (χ3n) is 3.83. The number of aromatic amines is 1. The number of carbonyl (C=O) groups excluding carboxylic acids is 1. The maximum atomic E-state index is 12.7. The van der Waals surface area contributed by atoms with Gasteiger partial charge in [-0.15, -0.1) is 0 Å². The van der Waals surface area contributed by atoms with Crippen LogP contribution in [-0.4, -0.2) is 22.6 Å². The summed E-state index contributed by atoms with van der Waals surface area (Å²) in [7, 11) is 1.52. The van der Waals surface area contributed by atoms with Crippen LogP contribution in [0.5, 0.6) is 5.75 Å². The highest BCUT2D eigenvalue weighted by Crippen LogP contribution is 2.13. The molecule has 0 aliphatic carbocycles. The zero-order chi connectivity index (χ0) is 18.7. The van der Waals surface area contributed by atoms with E-state index in [9.17, 15) is 14.4 Å². The summed E-state index contributed by atoms with van der Waals surface area (Å²) < 4.78 is 5.97. The number of carbonyl (C=O) groups is 1. The number of amides is 1. The van der Waals surface area contributed by atoms with Crippen molar-refractivity contribution >= 4 is 11.6 Å². The topological polar surface area (TPSA) is 93.2 Å². The highest BCUT2D eigenvalue weighted by molar-refractivity contribution is 6.03. The fourth-order valence-corrected chi connectivity index (χ4v) is 2.52. The van der Waals surface area contributed by atoms with Crippen molar-refractivity contribution in [3.8, 4) is 11.4 Å². The van der Waals surface area contributed by atoms with Gasteiger partial charge in [0.1, 0.15) is 11.3 Å². The lowest BCUT2D eigenvalue weighted by Gasteiger charge is -2.09. The molecule has 3 aromatic rings. The monoisotopic (exact) mass is 351 g/mol. The Morgan fingerprint density at radius 1 is 1.12 bits per heavy atom. The Morgan fingerprint density at radius 2 is 1.85 bits per heavy atom. The number of nitrogens with one attached hydrogen (secondary N) is 2. The maximum Gasteiger partial charge on any atom is 0.333 e. The number of hydrogen-bond acceptors (Lipinski definition) is 4. The van der Waals surface area contributed by atoms with Crippen molar-refractivity contribution in [2.24, 2.45) is 0 Å². The van der Waals surface area contributed by atoms with Crippen molar-refractivity contribution in [3.05, 3.63) is 86.7 Å². The minimum atomic E-state index is -0.705. The van der Waals surface area contributed by atoms with Gasteiger partial charge in [-0.3, -0.25) is 9.59 Å². The van der Waals surface area contributed by atoms with Crippen LogP contribution in [0.4, 0.5) is 5.69 Å². The summed E-state index contributed by atoms with van der Waals surface area (Å²) in [5.74, 6) is -0.00863. The molecule has 0 saturated carbocycles. The number of ether oxygens (including phenoxy) is 1. The fourth-order valence-electron chi connectivity index (χ4n) is 2.52. The lowest BCUT2D eigenvalue weighted by molar-refractivity contribution is 0.102. The second-order valence-electron chi connectivity index (χ2n) is 5.67. The number of benzene rings is 2. The first-order chi connectivity index (χ1) is 12.5. The van der Waals surface area contributed by atoms with Crippen LogP contribution in [0.1, 0.15) is 15.9 Å². The highest BCUT2D eigenvalue weighted by atomic mass is 16.5. The van der Waals surface area contributed by atoms with Crippen LogP contribution in [0.3, 0.4) is 0 Å². The highest BCUT2D eigenvalue weighted by Gasteiger charge is 2.16. The summed E-state index contributed by atoms with van der Waals surface area (Å²) >= 11 is 0. The van der Waals surface area contributed by atoms with Crippen molar-refractivity contribution in [1.29, 1.82) is 0 Å². The molecule has 0 aliphatic rings. The summed E-state index contributed by atoms with van der Waals surface area (Å²) in [5, 5.41) is 2.66. The largest absolute Gasteiger partial charge is 0.497 e. The Kier molecular flexibility index (Phi) is 4.70. The molecule has 1 amide bonds. The molecule has 0 saturated heterocycles. The fraction of sp³-hybridized carbons (Fsp3) is 0.105. The van der Waals surface area contributed by atoms with Crippen molar-refractivity contribution in [1.82, 2.24) is 9.55 Å². The Bertz CT molecular complexity index is 1070. The third-order valence-corrected chi connectivity index (χ3v) is 3.83. The van der Waals surface area contributed by atoms with Crippen LogP contribution < -0.4 is 21.3 Å². The quantitative estimate of drug-likeness (QED) is 0.753. The van der Waals surface area contributed by atoms with Crippen LogP contribution in [-0.2, 0) is 0 Å². The molecule has 7 nitrogen and oxygen atoms in total. The first-order valence-electron chi connectivity index (χ1n) is 7.87. The molecule has 0 unspecified atom stereocenters. The molecule has 26 heavy (non-hydrogen) atoms. The van der Waals surface area contributed by atoms with Gasteiger partial charge in [-0.05, 0) is 48.9 Å². The minimum absolute atomic E-state index is 0.165. The third kappa shape index (κ3) is 3.41. The molecule has 2 N–H and O–H groups in total. The first kappa shape index (κ1) is 17.2. The van der Waals surface area contributed by atoms with E-state index in [-0.39, 0.29) is 5.56 Å². The number of aryl methyl sites for hydroxylation is 1. The molecule has 0 bridgehead atoms. The summed E-state index contributed by atoms with van der Waals surface area (Å²) in [4.78, 5) is 39.7. The van der Waals surface area contributed by atoms with Gasteiger partial charge in [0.05, 0.1) is 12.8 Å². The SMILES string of the molecule is COc1ccc(-n2c(=O)[nH]cc(C(=O)Nc3cccc(C)c3)c2=O)cc1. The Balaban J connectivity index is 2.00. The zero-order valence-corrected chi connectivity index (χ0v) is 14.3. The van der Waals surface area contributed by atoms with E-state index in [1.165, 1.54) is 7.11 Å². The average Bonchev–Trinajstić information content (AvgIpc) is 2.62. The van der Waals surface area contributed by atoms with Gasteiger partial charge in [0.15, 0.2) is 0 Å². The molecular weight excluding hydrogens is 334 g/mol. The number of rotatable bonds is 4. The number of nitrogens with zero attached hydrogens (tertiary/aromatic N) is 1. The average molecular weight is 351 g/mol. The molecule has 0 spiro atoms. The van der Waals surface area contributed by atoms with Crippen LogP contribution in [0, 0.1) is 6.92 Å². The van der Waals surface area contributed by atoms with Gasteiger partial charge in [0.25, 0.3) is 11.5 Å². The molecule has 2 aromatic carbocycles. The Morgan fingerprint density at radius 3 is 2.50 bits per heavy atom. The molecule has 1 heterocycles. The Hall–Kier alpha value is -3.61. The van der Waals surface area contributed by atoms with E-state index in [1.54, 1.807) is 42.5 Å². The lowest BCUT2D eigenvalue weighted by Crippen LogP contribution is -2.38. The molecular formula is C19H17N3O4. The second kappa shape index (κ2) is 7.10. The molecule has 7 heteroatoms. The van der Waals surface area contributed by atoms with E-state index in [0.717, 1.165) is 16.3 Å². The molecule has 0 fully saturated rings. The predicted octanol–water partition coefficient (Wildman–Crippen LogP) is 2.10. The number of hydrogen-bond donors (Lipinski definition) is 2. The van der Waals surface area contributed by atoms with E-state index in [2.05, 4.69) is 10.3 Å². The van der Waals surface area contributed by atoms with E-state index < -0.39 is 17.2 Å². The smallest absolute Gasteiger partial charge is 0.333 e. The van der Waals surface area contributed by atoms with Crippen LogP contribution in [0.2, 0.25) is 0 Å². The van der Waals surface area contributed by atoms with Gasteiger partial charge in [-0.25, -0.2) is 9.36 Å². The number of H-pyrrole nitrogens is 1. The standard InChI is InChI=1S/C19H17N3O4/c1-12-4-3-5-13(10-12)21-17(23)16-11-20-19(25)22(18(16)24)14-6-8-15(26-2)9-7-14/h3-11H,1-2H3,(H,20,25)(H,21,23). The summed E-state index contributed by atoms with van der Waals surface area (Å²) in [6, 6.07) is 13.6. The van der Waals surface area contributed by atoms with Crippen LogP contribution in [0.15, 0.2) is 64.3 Å². The summed E-state index contributed by atoms with van der Waals surface area (Å²) in [6.07, 6.45) is 1.12. The maximum absolute atomic E-state index is 12.7. The minimum Gasteiger partial charge on any atom is -0.497 e. The van der Waals surface area contributed by atoms with E-state index in [4.69, 9.17) is 4.74 Å². The number of methoxy groups -OCH3 is 1. The van der Waals surface area contributed by atoms with Gasteiger partial charge < -0.3 is 15.0 Å². The lowest BCUT2D eigenvalue weighted by atomic mass is 10.2. The van der Waals surface area contributed by atoms with E-state index in [1.807, 2.05) is 13.0 Å². The van der Waals surface area contributed by atoms with Crippen molar-refractivity contribution in [3.63, 3.8) is 0 Å². The molecule has 0 radical (unpaired) electrons. The van der Waals surface area contributed by atoms with Crippen LogP contribution >= 0.6 is 0 Å². The number of aromatic nitrogens is 2. The van der Waals surface area contributed by atoms with Gasteiger partial charge >= 0.3 is 5.69 Å². The van der Waals surface area contributed by atoms with E-state index in [0.29, 0.717) is 17.1 Å². The van der Waals surface area contributed by atoms with Gasteiger partial charge in [0.2, 0.25) is 0 Å². The van der Waals surface area contributed by atoms with E-state index >= 15 is 0 Å². The second-order valence-corrected chi connectivity index (χ2v) is 5.67. The zero-order valence-electron chi connectivity index (χ0n) is 14.3. The normalized spacial score (nSPS) is 10.4. The Labute approximate surface area is 148 Å².